The van der Waals surface area contributed by atoms with Gasteiger partial charge in [0.25, 0.3) is 0 Å². The number of nitrogen functional groups attached to an aromatic ring is 1. The minimum Gasteiger partial charge on any atom is -0.396 e. The Labute approximate surface area is 96.5 Å². The molecule has 0 aliphatic carbocycles. The van der Waals surface area contributed by atoms with Gasteiger partial charge in [0, 0.05) is 6.54 Å². The van der Waals surface area contributed by atoms with Gasteiger partial charge in [-0.05, 0) is 24.0 Å². The Kier molecular flexibility index (Phi) is 3.73. The number of nitrogens with zero attached hydrogens (tertiary/aromatic N) is 2. The molecule has 0 amide bonds. The largest absolute Gasteiger partial charge is 0.396 e. The Morgan fingerprint density at radius 1 is 1.50 bits per heavy atom. The van der Waals surface area contributed by atoms with Crippen molar-refractivity contribution in [1.29, 1.82) is 5.26 Å². The number of aromatic nitrogens is 1. The van der Waals surface area contributed by atoms with E-state index in [0.717, 1.165) is 13.0 Å². The van der Waals surface area contributed by atoms with E-state index < -0.39 is 0 Å². The molecule has 1 aromatic rings. The third-order valence-corrected chi connectivity index (χ3v) is 2.74. The lowest BCUT2D eigenvalue weighted by Gasteiger charge is -2.23. The zero-order chi connectivity index (χ0) is 12.2. The molecule has 0 saturated carbocycles. The fourth-order valence-corrected chi connectivity index (χ4v) is 1.11. The average molecular weight is 218 g/mol. The number of rotatable bonds is 4. The maximum atomic E-state index is 8.80. The summed E-state index contributed by atoms with van der Waals surface area (Å²) < 4.78 is 0. The van der Waals surface area contributed by atoms with Gasteiger partial charge < -0.3 is 11.1 Å². The maximum absolute atomic E-state index is 8.80. The first-order valence-corrected chi connectivity index (χ1v) is 5.39. The summed E-state index contributed by atoms with van der Waals surface area (Å²) in [5.74, 6) is 0.701. The van der Waals surface area contributed by atoms with E-state index in [1.54, 1.807) is 12.1 Å². The van der Waals surface area contributed by atoms with Gasteiger partial charge in [-0.1, -0.05) is 20.8 Å². The minimum absolute atomic E-state index is 0.218. The number of nitrogens with two attached hydrogens (primary N) is 1. The molecule has 16 heavy (non-hydrogen) atoms. The van der Waals surface area contributed by atoms with E-state index in [1.807, 2.05) is 6.07 Å². The second kappa shape index (κ2) is 4.84. The summed E-state index contributed by atoms with van der Waals surface area (Å²) in [6.45, 7) is 7.34. The van der Waals surface area contributed by atoms with Gasteiger partial charge in [-0.2, -0.15) is 5.26 Å². The Bertz CT molecular complexity index is 404. The lowest BCUT2D eigenvalue weighted by molar-refractivity contribution is 0.376. The van der Waals surface area contributed by atoms with Crippen LogP contribution in [0, 0.1) is 16.7 Å². The highest BCUT2D eigenvalue weighted by Gasteiger charge is 2.14. The fraction of sp³-hybridized carbons (Fsp3) is 0.500. The van der Waals surface area contributed by atoms with Crippen LogP contribution in [0.4, 0.5) is 11.5 Å². The van der Waals surface area contributed by atoms with Gasteiger partial charge in [0.15, 0.2) is 5.69 Å². The van der Waals surface area contributed by atoms with Crippen LogP contribution in [-0.2, 0) is 0 Å². The Morgan fingerprint density at radius 3 is 2.75 bits per heavy atom. The standard InChI is InChI=1S/C12H18N4/c1-4-12(2,3)8-15-11-6-5-9(14)10(7-13)16-11/h5-6H,4,8,14H2,1-3H3,(H,15,16). The van der Waals surface area contributed by atoms with Crippen molar-refractivity contribution in [2.75, 3.05) is 17.6 Å². The van der Waals surface area contributed by atoms with Gasteiger partial charge in [0.05, 0.1) is 5.69 Å². The first-order valence-electron chi connectivity index (χ1n) is 5.39. The van der Waals surface area contributed by atoms with Crippen LogP contribution in [0.3, 0.4) is 0 Å². The molecule has 0 atom stereocenters. The van der Waals surface area contributed by atoms with Crippen LogP contribution in [0.1, 0.15) is 32.9 Å². The molecule has 4 heteroatoms. The monoisotopic (exact) mass is 218 g/mol. The van der Waals surface area contributed by atoms with E-state index in [1.165, 1.54) is 0 Å². The summed E-state index contributed by atoms with van der Waals surface area (Å²) >= 11 is 0. The Balaban J connectivity index is 2.73. The van der Waals surface area contributed by atoms with E-state index in [2.05, 4.69) is 31.1 Å². The normalized spacial score (nSPS) is 10.9. The first kappa shape index (κ1) is 12.3. The molecule has 0 aliphatic rings. The molecule has 1 rings (SSSR count). The predicted octanol–water partition coefficient (Wildman–Crippen LogP) is 2.38. The van der Waals surface area contributed by atoms with Crippen molar-refractivity contribution in [3.8, 4) is 6.07 Å². The van der Waals surface area contributed by atoms with E-state index in [9.17, 15) is 0 Å². The van der Waals surface area contributed by atoms with Crippen molar-refractivity contribution in [1.82, 2.24) is 4.98 Å². The number of hydrogen-bond acceptors (Lipinski definition) is 4. The van der Waals surface area contributed by atoms with Crippen molar-refractivity contribution in [3.63, 3.8) is 0 Å². The zero-order valence-electron chi connectivity index (χ0n) is 10.0. The molecule has 86 valence electrons. The number of anilines is 2. The van der Waals surface area contributed by atoms with E-state index in [4.69, 9.17) is 11.0 Å². The van der Waals surface area contributed by atoms with Gasteiger partial charge >= 0.3 is 0 Å². The average Bonchev–Trinajstić information content (AvgIpc) is 2.28. The second-order valence-corrected chi connectivity index (χ2v) is 4.62. The SMILES string of the molecule is CCC(C)(C)CNc1ccc(N)c(C#N)n1. The molecule has 3 N–H and O–H groups in total. The number of nitriles is 1. The van der Waals surface area contributed by atoms with Crippen molar-refractivity contribution in [2.45, 2.75) is 27.2 Å². The highest BCUT2D eigenvalue weighted by Crippen LogP contribution is 2.20. The van der Waals surface area contributed by atoms with Crippen LogP contribution >= 0.6 is 0 Å². The predicted molar refractivity (Wildman–Crippen MR) is 65.9 cm³/mol. The lowest BCUT2D eigenvalue weighted by Crippen LogP contribution is -2.22. The topological polar surface area (TPSA) is 74.7 Å². The van der Waals surface area contributed by atoms with E-state index in [0.29, 0.717) is 11.5 Å². The van der Waals surface area contributed by atoms with Gasteiger partial charge in [0.2, 0.25) is 0 Å². The quantitative estimate of drug-likeness (QED) is 0.813. The van der Waals surface area contributed by atoms with Crippen LogP contribution in [-0.4, -0.2) is 11.5 Å². The summed E-state index contributed by atoms with van der Waals surface area (Å²) in [5.41, 5.74) is 6.51. The molecule has 1 heterocycles. The number of nitrogens with one attached hydrogen (secondary N) is 1. The summed E-state index contributed by atoms with van der Waals surface area (Å²) in [5, 5.41) is 12.0. The summed E-state index contributed by atoms with van der Waals surface area (Å²) in [6, 6.07) is 5.47. The third-order valence-electron chi connectivity index (χ3n) is 2.74. The third kappa shape index (κ3) is 3.13. The van der Waals surface area contributed by atoms with Crippen LogP contribution in [0.25, 0.3) is 0 Å². The molecule has 0 bridgehead atoms. The van der Waals surface area contributed by atoms with E-state index >= 15 is 0 Å². The molecular formula is C12H18N4. The van der Waals surface area contributed by atoms with Crippen molar-refractivity contribution < 1.29 is 0 Å². The maximum Gasteiger partial charge on any atom is 0.165 e. The molecular weight excluding hydrogens is 200 g/mol. The van der Waals surface area contributed by atoms with Crippen molar-refractivity contribution in [3.05, 3.63) is 17.8 Å². The van der Waals surface area contributed by atoms with Gasteiger partial charge in [0.1, 0.15) is 11.9 Å². The van der Waals surface area contributed by atoms with Crippen LogP contribution in [0.15, 0.2) is 12.1 Å². The van der Waals surface area contributed by atoms with E-state index in [-0.39, 0.29) is 11.1 Å². The molecule has 0 saturated heterocycles. The van der Waals surface area contributed by atoms with Crippen LogP contribution < -0.4 is 11.1 Å². The molecule has 0 unspecified atom stereocenters. The molecule has 0 aliphatic heterocycles. The Hall–Kier alpha value is -1.76. The highest BCUT2D eigenvalue weighted by atomic mass is 15.0. The molecule has 4 nitrogen and oxygen atoms in total. The molecule has 0 radical (unpaired) electrons. The van der Waals surface area contributed by atoms with Crippen molar-refractivity contribution >= 4 is 11.5 Å². The second-order valence-electron chi connectivity index (χ2n) is 4.62. The highest BCUT2D eigenvalue weighted by molar-refractivity contribution is 5.54. The Morgan fingerprint density at radius 2 is 2.19 bits per heavy atom. The lowest BCUT2D eigenvalue weighted by atomic mass is 9.90. The zero-order valence-corrected chi connectivity index (χ0v) is 10.0. The first-order chi connectivity index (χ1) is 7.48. The molecule has 0 spiro atoms. The molecule has 0 aromatic carbocycles. The van der Waals surface area contributed by atoms with Crippen molar-refractivity contribution in [2.24, 2.45) is 5.41 Å². The smallest absolute Gasteiger partial charge is 0.165 e. The summed E-state index contributed by atoms with van der Waals surface area (Å²) in [7, 11) is 0. The van der Waals surface area contributed by atoms with Gasteiger partial charge in [-0.3, -0.25) is 0 Å². The number of pyridine rings is 1. The van der Waals surface area contributed by atoms with Crippen LogP contribution in [0.2, 0.25) is 0 Å². The number of hydrogen-bond donors (Lipinski definition) is 2. The molecule has 0 fully saturated rings. The fourth-order valence-electron chi connectivity index (χ4n) is 1.11. The minimum atomic E-state index is 0.218. The summed E-state index contributed by atoms with van der Waals surface area (Å²) in [6.07, 6.45) is 1.08. The summed E-state index contributed by atoms with van der Waals surface area (Å²) in [4.78, 5) is 4.13. The van der Waals surface area contributed by atoms with Gasteiger partial charge in [-0.25, -0.2) is 4.98 Å². The van der Waals surface area contributed by atoms with Gasteiger partial charge in [-0.15, -0.1) is 0 Å². The molecule has 1 aromatic heterocycles. The van der Waals surface area contributed by atoms with Crippen LogP contribution in [0.5, 0.6) is 0 Å².